The lowest BCUT2D eigenvalue weighted by Gasteiger charge is -2.27. The first-order chi connectivity index (χ1) is 9.31. The van der Waals surface area contributed by atoms with Crippen molar-refractivity contribution < 1.29 is 4.74 Å². The molecule has 2 atom stereocenters. The maximum atomic E-state index is 5.55. The molecule has 2 aliphatic rings. The normalized spacial score (nSPS) is 25.9. The van der Waals surface area contributed by atoms with Crippen molar-refractivity contribution in [3.05, 3.63) is 29.3 Å². The molecule has 0 saturated carbocycles. The lowest BCUT2D eigenvalue weighted by molar-refractivity contribution is 0.312. The van der Waals surface area contributed by atoms with Crippen molar-refractivity contribution in [3.63, 3.8) is 0 Å². The Balaban J connectivity index is 1.45. The van der Waals surface area contributed by atoms with Crippen LogP contribution in [-0.2, 0) is 12.8 Å². The van der Waals surface area contributed by atoms with Crippen molar-refractivity contribution in [2.24, 2.45) is 5.92 Å². The third-order valence-corrected chi connectivity index (χ3v) is 4.53. The predicted molar refractivity (Wildman–Crippen MR) is 78.8 cm³/mol. The van der Waals surface area contributed by atoms with E-state index in [0.717, 1.165) is 30.7 Å². The third-order valence-electron chi connectivity index (χ3n) is 4.53. The topological polar surface area (TPSA) is 21.3 Å². The van der Waals surface area contributed by atoms with E-state index in [4.69, 9.17) is 4.74 Å². The molecule has 2 nitrogen and oxygen atoms in total. The van der Waals surface area contributed by atoms with E-state index in [2.05, 4.69) is 30.4 Å². The zero-order chi connectivity index (χ0) is 13.1. The fourth-order valence-electron chi connectivity index (χ4n) is 3.25. The van der Waals surface area contributed by atoms with Gasteiger partial charge in [-0.2, -0.15) is 0 Å². The first-order valence-electron chi connectivity index (χ1n) is 7.79. The zero-order valence-corrected chi connectivity index (χ0v) is 12.0. The van der Waals surface area contributed by atoms with E-state index in [9.17, 15) is 0 Å². The molecule has 1 fully saturated rings. The van der Waals surface area contributed by atoms with E-state index < -0.39 is 0 Å². The van der Waals surface area contributed by atoms with E-state index in [0.29, 0.717) is 0 Å². The average molecular weight is 259 g/mol. The minimum atomic E-state index is 0.758. The molecular weight excluding hydrogens is 234 g/mol. The number of rotatable bonds is 4. The molecule has 2 aliphatic heterocycles. The van der Waals surface area contributed by atoms with Gasteiger partial charge < -0.3 is 10.1 Å². The maximum Gasteiger partial charge on any atom is 0.122 e. The lowest BCUT2D eigenvalue weighted by atomic mass is 9.93. The number of hydrogen-bond donors (Lipinski definition) is 1. The van der Waals surface area contributed by atoms with E-state index in [1.807, 2.05) is 0 Å². The van der Waals surface area contributed by atoms with Gasteiger partial charge in [0.1, 0.15) is 5.75 Å². The summed E-state index contributed by atoms with van der Waals surface area (Å²) in [6.07, 6.45) is 7.67. The molecule has 0 spiro atoms. The third kappa shape index (κ3) is 3.30. The fourth-order valence-corrected chi connectivity index (χ4v) is 3.25. The number of piperidine rings is 1. The number of hydrogen-bond acceptors (Lipinski definition) is 2. The SMILES string of the molecule is CC1CCC(CCCc2ccc3c(c2)CCO3)NC1. The number of fused-ring (bicyclic) bond motifs is 1. The second-order valence-electron chi connectivity index (χ2n) is 6.22. The van der Waals surface area contributed by atoms with Crippen molar-refractivity contribution in [2.75, 3.05) is 13.2 Å². The molecular formula is C17H25NO. The Morgan fingerprint density at radius 2 is 2.26 bits per heavy atom. The number of nitrogens with one attached hydrogen (secondary N) is 1. The Labute approximate surface area is 116 Å². The van der Waals surface area contributed by atoms with E-state index in [1.165, 1.54) is 49.8 Å². The smallest absolute Gasteiger partial charge is 0.122 e. The van der Waals surface area contributed by atoms with Crippen molar-refractivity contribution in [1.29, 1.82) is 0 Å². The summed E-state index contributed by atoms with van der Waals surface area (Å²) in [5.41, 5.74) is 2.88. The van der Waals surface area contributed by atoms with Gasteiger partial charge in [-0.3, -0.25) is 0 Å². The Hall–Kier alpha value is -1.02. The summed E-state index contributed by atoms with van der Waals surface area (Å²) >= 11 is 0. The Morgan fingerprint density at radius 3 is 3.11 bits per heavy atom. The average Bonchev–Trinajstić information content (AvgIpc) is 2.88. The molecule has 2 heteroatoms. The highest BCUT2D eigenvalue weighted by Crippen LogP contribution is 2.26. The second-order valence-corrected chi connectivity index (χ2v) is 6.22. The summed E-state index contributed by atoms with van der Waals surface area (Å²) < 4.78 is 5.55. The van der Waals surface area contributed by atoms with Gasteiger partial charge in [0.2, 0.25) is 0 Å². The van der Waals surface area contributed by atoms with Crippen LogP contribution < -0.4 is 10.1 Å². The van der Waals surface area contributed by atoms with Crippen LogP contribution in [0, 0.1) is 5.92 Å². The molecule has 0 aliphatic carbocycles. The molecule has 1 aromatic carbocycles. The largest absolute Gasteiger partial charge is 0.493 e. The van der Waals surface area contributed by atoms with Crippen molar-refractivity contribution >= 4 is 0 Å². The molecule has 0 bridgehead atoms. The van der Waals surface area contributed by atoms with Crippen molar-refractivity contribution in [2.45, 2.75) is 51.5 Å². The molecule has 1 aromatic rings. The van der Waals surface area contributed by atoms with Crippen LogP contribution in [0.5, 0.6) is 5.75 Å². The number of aryl methyl sites for hydroxylation is 1. The molecule has 104 valence electrons. The maximum absolute atomic E-state index is 5.55. The van der Waals surface area contributed by atoms with Gasteiger partial charge in [-0.25, -0.2) is 0 Å². The highest BCUT2D eigenvalue weighted by Gasteiger charge is 2.17. The molecule has 1 saturated heterocycles. The molecule has 1 N–H and O–H groups in total. The van der Waals surface area contributed by atoms with Crippen LogP contribution in [0.15, 0.2) is 18.2 Å². The van der Waals surface area contributed by atoms with Gasteiger partial charge in [-0.05, 0) is 61.8 Å². The van der Waals surface area contributed by atoms with Crippen LogP contribution in [0.3, 0.4) is 0 Å². The van der Waals surface area contributed by atoms with Crippen LogP contribution >= 0.6 is 0 Å². The Morgan fingerprint density at radius 1 is 1.32 bits per heavy atom. The van der Waals surface area contributed by atoms with E-state index in [-0.39, 0.29) is 0 Å². The summed E-state index contributed by atoms with van der Waals surface area (Å²) in [5.74, 6) is 1.97. The quantitative estimate of drug-likeness (QED) is 0.895. The molecule has 3 rings (SSSR count). The fraction of sp³-hybridized carbons (Fsp3) is 0.647. The minimum absolute atomic E-state index is 0.758. The van der Waals surface area contributed by atoms with Crippen LogP contribution in [0.25, 0.3) is 0 Å². The van der Waals surface area contributed by atoms with Crippen LogP contribution in [0.1, 0.15) is 43.7 Å². The van der Waals surface area contributed by atoms with Crippen LogP contribution in [0.2, 0.25) is 0 Å². The summed E-state index contributed by atoms with van der Waals surface area (Å²) in [7, 11) is 0. The zero-order valence-electron chi connectivity index (χ0n) is 12.0. The summed E-state index contributed by atoms with van der Waals surface area (Å²) in [5, 5.41) is 3.68. The molecule has 0 aromatic heterocycles. The monoisotopic (exact) mass is 259 g/mol. The van der Waals surface area contributed by atoms with Gasteiger partial charge in [0.05, 0.1) is 6.61 Å². The highest BCUT2D eigenvalue weighted by atomic mass is 16.5. The van der Waals surface area contributed by atoms with Gasteiger partial charge in [-0.15, -0.1) is 0 Å². The van der Waals surface area contributed by atoms with Crippen molar-refractivity contribution in [1.82, 2.24) is 5.32 Å². The summed E-state index contributed by atoms with van der Waals surface area (Å²) in [6, 6.07) is 7.49. The van der Waals surface area contributed by atoms with Gasteiger partial charge in [0, 0.05) is 12.5 Å². The molecule has 0 amide bonds. The summed E-state index contributed by atoms with van der Waals surface area (Å²) in [4.78, 5) is 0. The molecule has 19 heavy (non-hydrogen) atoms. The van der Waals surface area contributed by atoms with Crippen LogP contribution in [0.4, 0.5) is 0 Å². The summed E-state index contributed by atoms with van der Waals surface area (Å²) in [6.45, 7) is 4.42. The van der Waals surface area contributed by atoms with Crippen molar-refractivity contribution in [3.8, 4) is 5.75 Å². The van der Waals surface area contributed by atoms with E-state index >= 15 is 0 Å². The lowest BCUT2D eigenvalue weighted by Crippen LogP contribution is -2.37. The van der Waals surface area contributed by atoms with Gasteiger partial charge in [-0.1, -0.05) is 19.1 Å². The minimum Gasteiger partial charge on any atom is -0.493 e. The first kappa shape index (κ1) is 13.0. The first-order valence-corrected chi connectivity index (χ1v) is 7.79. The second kappa shape index (κ2) is 5.96. The van der Waals surface area contributed by atoms with Gasteiger partial charge >= 0.3 is 0 Å². The van der Waals surface area contributed by atoms with Gasteiger partial charge in [0.15, 0.2) is 0 Å². The number of benzene rings is 1. The predicted octanol–water partition coefficient (Wildman–Crippen LogP) is 3.33. The molecule has 0 radical (unpaired) electrons. The molecule has 2 unspecified atom stereocenters. The van der Waals surface area contributed by atoms with Crippen LogP contribution in [-0.4, -0.2) is 19.2 Å². The van der Waals surface area contributed by atoms with E-state index in [1.54, 1.807) is 0 Å². The standard InChI is InChI=1S/C17H25NO/c1-13-5-7-16(18-12-13)4-2-3-14-6-8-17-15(11-14)9-10-19-17/h6,8,11,13,16,18H,2-5,7,9-10,12H2,1H3. The van der Waals surface area contributed by atoms with Gasteiger partial charge in [0.25, 0.3) is 0 Å². The Bertz CT molecular complexity index is 421. The number of ether oxygens (including phenoxy) is 1. The Kier molecular flexibility index (Phi) is 4.07. The molecule has 2 heterocycles. The highest BCUT2D eigenvalue weighted by molar-refractivity contribution is 5.39.